The molecule has 0 atom stereocenters. The largest absolute Gasteiger partial charge is 0.131 e. The fourth-order valence-corrected chi connectivity index (χ4v) is 2.26. The highest BCUT2D eigenvalue weighted by atomic mass is 32.2. The van der Waals surface area contributed by atoms with Crippen molar-refractivity contribution in [2.45, 2.75) is 33.1 Å². The van der Waals surface area contributed by atoms with E-state index in [1.807, 2.05) is 11.8 Å². The molecule has 0 aliphatic carbocycles. The minimum atomic E-state index is 1.26. The van der Waals surface area contributed by atoms with Gasteiger partial charge in [0.15, 0.2) is 0 Å². The Morgan fingerprint density at radius 1 is 1.56 bits per heavy atom. The van der Waals surface area contributed by atoms with E-state index >= 15 is 0 Å². The highest BCUT2D eigenvalue weighted by Crippen LogP contribution is 2.30. The molecule has 1 aliphatic rings. The Morgan fingerprint density at radius 2 is 2.33 bits per heavy atom. The Hall–Kier alpha value is 0.0900. The predicted molar refractivity (Wildman–Crippen MR) is 44.7 cm³/mol. The van der Waals surface area contributed by atoms with E-state index in [2.05, 4.69) is 13.8 Å². The monoisotopic (exact) mass is 142 g/mol. The van der Waals surface area contributed by atoms with Crippen molar-refractivity contribution >= 4 is 11.8 Å². The van der Waals surface area contributed by atoms with Gasteiger partial charge < -0.3 is 0 Å². The Bertz CT molecular complexity index is 125. The summed E-state index contributed by atoms with van der Waals surface area (Å²) >= 11 is 2.03. The molecule has 1 aliphatic heterocycles. The van der Waals surface area contributed by atoms with E-state index in [0.29, 0.717) is 0 Å². The molecule has 0 saturated carbocycles. The van der Waals surface area contributed by atoms with Crippen LogP contribution >= 0.6 is 11.8 Å². The summed E-state index contributed by atoms with van der Waals surface area (Å²) in [6, 6.07) is 0. The van der Waals surface area contributed by atoms with Gasteiger partial charge in [0.2, 0.25) is 0 Å². The van der Waals surface area contributed by atoms with E-state index in [4.69, 9.17) is 0 Å². The number of thioether (sulfide) groups is 1. The number of hydrogen-bond acceptors (Lipinski definition) is 1. The van der Waals surface area contributed by atoms with Crippen LogP contribution in [0.15, 0.2) is 10.5 Å². The standard InChI is InChI=1S/C8H14S/c1-3-8-5-4-6-9-7(8)2/h3-6H2,1-2H3. The van der Waals surface area contributed by atoms with Gasteiger partial charge in [-0.05, 0) is 36.8 Å². The maximum absolute atomic E-state index is 2.25. The molecule has 0 fully saturated rings. The lowest BCUT2D eigenvalue weighted by Gasteiger charge is -2.14. The highest BCUT2D eigenvalue weighted by Gasteiger charge is 2.06. The molecule has 0 N–H and O–H groups in total. The van der Waals surface area contributed by atoms with E-state index in [1.54, 1.807) is 10.5 Å². The van der Waals surface area contributed by atoms with Crippen LogP contribution in [0.1, 0.15) is 33.1 Å². The summed E-state index contributed by atoms with van der Waals surface area (Å²) in [6.45, 7) is 4.51. The molecule has 0 spiro atoms. The van der Waals surface area contributed by atoms with Crippen LogP contribution in [0.2, 0.25) is 0 Å². The van der Waals surface area contributed by atoms with Crippen LogP contribution in [0.25, 0.3) is 0 Å². The lowest BCUT2D eigenvalue weighted by Crippen LogP contribution is -1.94. The van der Waals surface area contributed by atoms with Crippen molar-refractivity contribution in [2.75, 3.05) is 5.75 Å². The fourth-order valence-electron chi connectivity index (χ4n) is 1.21. The summed E-state index contributed by atoms with van der Waals surface area (Å²) in [7, 11) is 0. The van der Waals surface area contributed by atoms with Gasteiger partial charge in [-0.25, -0.2) is 0 Å². The van der Waals surface area contributed by atoms with Gasteiger partial charge in [0.25, 0.3) is 0 Å². The van der Waals surface area contributed by atoms with Crippen LogP contribution in [0, 0.1) is 0 Å². The second-order valence-corrected chi connectivity index (χ2v) is 3.77. The van der Waals surface area contributed by atoms with Crippen LogP contribution in [-0.4, -0.2) is 5.75 Å². The van der Waals surface area contributed by atoms with Gasteiger partial charge in [-0.2, -0.15) is 0 Å². The Morgan fingerprint density at radius 3 is 2.78 bits per heavy atom. The summed E-state index contributed by atoms with van der Waals surface area (Å²) in [5, 5.41) is 0. The molecule has 52 valence electrons. The molecule has 0 unspecified atom stereocenters. The molecule has 0 radical (unpaired) electrons. The van der Waals surface area contributed by atoms with E-state index in [0.717, 1.165) is 0 Å². The van der Waals surface area contributed by atoms with Gasteiger partial charge in [0.1, 0.15) is 0 Å². The van der Waals surface area contributed by atoms with Gasteiger partial charge in [-0.1, -0.05) is 12.5 Å². The average Bonchev–Trinajstić information content (AvgIpc) is 1.89. The smallest absolute Gasteiger partial charge is 0.00203 e. The highest BCUT2D eigenvalue weighted by molar-refractivity contribution is 8.03. The first kappa shape index (κ1) is 7.20. The minimum absolute atomic E-state index is 1.26. The van der Waals surface area contributed by atoms with Crippen LogP contribution in [-0.2, 0) is 0 Å². The molecule has 1 heteroatoms. The van der Waals surface area contributed by atoms with Crippen molar-refractivity contribution in [3.05, 3.63) is 10.5 Å². The van der Waals surface area contributed by atoms with Crippen molar-refractivity contribution < 1.29 is 0 Å². The molecule has 0 aromatic carbocycles. The third-order valence-electron chi connectivity index (χ3n) is 1.87. The molecular weight excluding hydrogens is 128 g/mol. The number of hydrogen-bond donors (Lipinski definition) is 0. The zero-order valence-corrected chi connectivity index (χ0v) is 7.05. The first-order valence-corrected chi connectivity index (χ1v) is 4.64. The molecule has 1 heterocycles. The molecule has 0 amide bonds. The summed E-state index contributed by atoms with van der Waals surface area (Å²) in [4.78, 5) is 1.59. The van der Waals surface area contributed by atoms with Crippen LogP contribution in [0.3, 0.4) is 0 Å². The van der Waals surface area contributed by atoms with Crippen molar-refractivity contribution in [1.82, 2.24) is 0 Å². The summed E-state index contributed by atoms with van der Waals surface area (Å²) < 4.78 is 0. The molecule has 0 aromatic rings. The average molecular weight is 142 g/mol. The second kappa shape index (κ2) is 3.31. The second-order valence-electron chi connectivity index (χ2n) is 2.47. The van der Waals surface area contributed by atoms with Gasteiger partial charge >= 0.3 is 0 Å². The summed E-state index contributed by atoms with van der Waals surface area (Å²) in [5.74, 6) is 1.34. The molecule has 0 bridgehead atoms. The first-order valence-electron chi connectivity index (χ1n) is 3.66. The fraction of sp³-hybridized carbons (Fsp3) is 0.750. The third kappa shape index (κ3) is 1.75. The minimum Gasteiger partial charge on any atom is -0.131 e. The van der Waals surface area contributed by atoms with Crippen molar-refractivity contribution in [1.29, 1.82) is 0 Å². The molecular formula is C8H14S. The van der Waals surface area contributed by atoms with Gasteiger partial charge in [-0.3, -0.25) is 0 Å². The Balaban J connectivity index is 2.59. The van der Waals surface area contributed by atoms with Gasteiger partial charge in [-0.15, -0.1) is 11.8 Å². The van der Waals surface area contributed by atoms with Gasteiger partial charge in [0.05, 0.1) is 0 Å². The quantitative estimate of drug-likeness (QED) is 0.542. The lowest BCUT2D eigenvalue weighted by molar-refractivity contribution is 0.849. The van der Waals surface area contributed by atoms with Crippen molar-refractivity contribution in [3.63, 3.8) is 0 Å². The topological polar surface area (TPSA) is 0 Å². The maximum Gasteiger partial charge on any atom is -0.00203 e. The maximum atomic E-state index is 2.25. The predicted octanol–water partition coefficient (Wildman–Crippen LogP) is 3.20. The summed E-state index contributed by atoms with van der Waals surface area (Å²) in [6.07, 6.45) is 4.01. The zero-order valence-electron chi connectivity index (χ0n) is 6.24. The normalized spacial score (nSPS) is 20.7. The Labute approximate surface area is 61.7 Å². The van der Waals surface area contributed by atoms with Crippen molar-refractivity contribution in [3.8, 4) is 0 Å². The Kier molecular flexibility index (Phi) is 2.65. The van der Waals surface area contributed by atoms with Crippen LogP contribution in [0.5, 0.6) is 0 Å². The van der Waals surface area contributed by atoms with E-state index in [-0.39, 0.29) is 0 Å². The number of allylic oxidation sites excluding steroid dienone is 2. The van der Waals surface area contributed by atoms with E-state index < -0.39 is 0 Å². The van der Waals surface area contributed by atoms with E-state index in [9.17, 15) is 0 Å². The van der Waals surface area contributed by atoms with Gasteiger partial charge in [0, 0.05) is 0 Å². The SMILES string of the molecule is CCC1=C(C)SCCC1. The summed E-state index contributed by atoms with van der Waals surface area (Å²) in [5.41, 5.74) is 1.69. The van der Waals surface area contributed by atoms with Crippen LogP contribution < -0.4 is 0 Å². The first-order chi connectivity index (χ1) is 4.34. The zero-order chi connectivity index (χ0) is 6.69. The third-order valence-corrected chi connectivity index (χ3v) is 3.08. The molecule has 0 aromatic heterocycles. The molecule has 0 saturated heterocycles. The van der Waals surface area contributed by atoms with E-state index in [1.165, 1.54) is 25.0 Å². The van der Waals surface area contributed by atoms with Crippen LogP contribution in [0.4, 0.5) is 0 Å². The molecule has 9 heavy (non-hydrogen) atoms. The molecule has 0 nitrogen and oxygen atoms in total. The lowest BCUT2D eigenvalue weighted by atomic mass is 10.1. The number of rotatable bonds is 1. The molecule has 1 rings (SSSR count). The van der Waals surface area contributed by atoms with Crippen molar-refractivity contribution in [2.24, 2.45) is 0 Å².